The Kier molecular flexibility index (Phi) is 3.19. The maximum Gasteiger partial charge on any atom is 0.200 e. The van der Waals surface area contributed by atoms with Crippen LogP contribution in [0.4, 0.5) is 5.82 Å². The normalized spacial score (nSPS) is 19.7. The number of hydrogen-bond acceptors (Lipinski definition) is 6. The Morgan fingerprint density at radius 1 is 1.05 bits per heavy atom. The standard InChI is InChI=1S/C15H17N7/c1-20-9-10-21(13(11-20)12-5-3-2-4-6-12)15-8-7-14-16-18-19-22(14)17-15/h2-8,13H,9-11H2,1H3. The van der Waals surface area contributed by atoms with E-state index in [2.05, 4.69) is 61.7 Å². The topological polar surface area (TPSA) is 62.5 Å². The predicted molar refractivity (Wildman–Crippen MR) is 82.6 cm³/mol. The van der Waals surface area contributed by atoms with Crippen LogP contribution in [0.1, 0.15) is 11.6 Å². The molecule has 112 valence electrons. The van der Waals surface area contributed by atoms with Gasteiger partial charge in [-0.15, -0.1) is 14.8 Å². The molecule has 0 N–H and O–H groups in total. The second kappa shape index (κ2) is 5.34. The van der Waals surface area contributed by atoms with Crippen LogP contribution in [0.2, 0.25) is 0 Å². The van der Waals surface area contributed by atoms with Crippen molar-refractivity contribution in [2.75, 3.05) is 31.6 Å². The Morgan fingerprint density at radius 2 is 1.91 bits per heavy atom. The van der Waals surface area contributed by atoms with E-state index in [4.69, 9.17) is 0 Å². The van der Waals surface area contributed by atoms with E-state index < -0.39 is 0 Å². The number of hydrogen-bond donors (Lipinski definition) is 0. The van der Waals surface area contributed by atoms with Crippen molar-refractivity contribution in [2.24, 2.45) is 0 Å². The average Bonchev–Trinajstić information content (AvgIpc) is 3.03. The van der Waals surface area contributed by atoms with Crippen LogP contribution in [-0.4, -0.2) is 56.8 Å². The first-order valence-electron chi connectivity index (χ1n) is 7.37. The molecule has 4 rings (SSSR count). The van der Waals surface area contributed by atoms with Crippen LogP contribution in [0.5, 0.6) is 0 Å². The molecule has 0 radical (unpaired) electrons. The quantitative estimate of drug-likeness (QED) is 0.703. The van der Waals surface area contributed by atoms with E-state index in [0.29, 0.717) is 5.65 Å². The highest BCUT2D eigenvalue weighted by Crippen LogP contribution is 2.28. The van der Waals surface area contributed by atoms with E-state index >= 15 is 0 Å². The van der Waals surface area contributed by atoms with Gasteiger partial charge in [-0.25, -0.2) is 0 Å². The summed E-state index contributed by atoms with van der Waals surface area (Å²) < 4.78 is 1.48. The maximum atomic E-state index is 4.55. The highest BCUT2D eigenvalue weighted by Gasteiger charge is 2.27. The second-order valence-corrected chi connectivity index (χ2v) is 5.60. The van der Waals surface area contributed by atoms with Gasteiger partial charge in [-0.05, 0) is 35.2 Å². The first-order valence-corrected chi connectivity index (χ1v) is 7.37. The second-order valence-electron chi connectivity index (χ2n) is 5.60. The van der Waals surface area contributed by atoms with E-state index in [0.717, 1.165) is 25.5 Å². The lowest BCUT2D eigenvalue weighted by Gasteiger charge is -2.40. The number of fused-ring (bicyclic) bond motifs is 1. The van der Waals surface area contributed by atoms with Gasteiger partial charge in [0.15, 0.2) is 11.5 Å². The third kappa shape index (κ3) is 2.29. The first-order chi connectivity index (χ1) is 10.8. The lowest BCUT2D eigenvalue weighted by atomic mass is 10.0. The molecular formula is C15H17N7. The molecule has 2 aromatic heterocycles. The van der Waals surface area contributed by atoms with Crippen molar-refractivity contribution in [3.05, 3.63) is 48.0 Å². The lowest BCUT2D eigenvalue weighted by molar-refractivity contribution is 0.267. The molecule has 7 heteroatoms. The molecule has 0 amide bonds. The minimum absolute atomic E-state index is 0.279. The number of tetrazole rings is 1. The summed E-state index contributed by atoms with van der Waals surface area (Å²) in [7, 11) is 2.16. The number of nitrogens with zero attached hydrogens (tertiary/aromatic N) is 7. The molecule has 0 aliphatic carbocycles. The molecule has 7 nitrogen and oxygen atoms in total. The van der Waals surface area contributed by atoms with Gasteiger partial charge in [0.1, 0.15) is 0 Å². The highest BCUT2D eigenvalue weighted by atomic mass is 15.6. The van der Waals surface area contributed by atoms with Crippen molar-refractivity contribution in [3.8, 4) is 0 Å². The van der Waals surface area contributed by atoms with Gasteiger partial charge < -0.3 is 9.80 Å². The molecule has 0 saturated carbocycles. The van der Waals surface area contributed by atoms with Crippen LogP contribution in [0.15, 0.2) is 42.5 Å². The summed E-state index contributed by atoms with van der Waals surface area (Å²) in [6.07, 6.45) is 0. The highest BCUT2D eigenvalue weighted by molar-refractivity contribution is 5.47. The number of anilines is 1. The Morgan fingerprint density at radius 3 is 2.77 bits per heavy atom. The molecule has 1 unspecified atom stereocenters. The molecule has 3 aromatic rings. The van der Waals surface area contributed by atoms with Gasteiger partial charge in [0, 0.05) is 19.6 Å². The third-order valence-corrected chi connectivity index (χ3v) is 4.12. The Balaban J connectivity index is 1.73. The average molecular weight is 295 g/mol. The molecule has 1 fully saturated rings. The SMILES string of the molecule is CN1CCN(c2ccc3nnnn3n2)C(c2ccccc2)C1. The van der Waals surface area contributed by atoms with Crippen molar-refractivity contribution in [3.63, 3.8) is 0 Å². The summed E-state index contributed by atoms with van der Waals surface area (Å²) in [5.41, 5.74) is 1.96. The molecule has 0 bridgehead atoms. The molecule has 1 aromatic carbocycles. The van der Waals surface area contributed by atoms with Gasteiger partial charge in [0.25, 0.3) is 0 Å². The Labute approximate surface area is 128 Å². The molecule has 0 spiro atoms. The predicted octanol–water partition coefficient (Wildman–Crippen LogP) is 1.01. The van der Waals surface area contributed by atoms with E-state index in [9.17, 15) is 0 Å². The summed E-state index contributed by atoms with van der Waals surface area (Å²) in [4.78, 5) is 4.68. The molecule has 1 saturated heterocycles. The maximum absolute atomic E-state index is 4.55. The van der Waals surface area contributed by atoms with Gasteiger partial charge in [-0.3, -0.25) is 0 Å². The molecule has 22 heavy (non-hydrogen) atoms. The molecular weight excluding hydrogens is 278 g/mol. The van der Waals surface area contributed by atoms with Gasteiger partial charge in [-0.2, -0.15) is 0 Å². The van der Waals surface area contributed by atoms with Gasteiger partial charge in [0.05, 0.1) is 6.04 Å². The van der Waals surface area contributed by atoms with Crippen LogP contribution in [0.3, 0.4) is 0 Å². The number of benzene rings is 1. The minimum Gasteiger partial charge on any atom is -0.346 e. The smallest absolute Gasteiger partial charge is 0.200 e. The molecule has 3 heterocycles. The monoisotopic (exact) mass is 295 g/mol. The zero-order valence-electron chi connectivity index (χ0n) is 12.4. The Bertz CT molecular complexity index is 770. The van der Waals surface area contributed by atoms with Crippen molar-refractivity contribution in [2.45, 2.75) is 6.04 Å². The van der Waals surface area contributed by atoms with Gasteiger partial charge in [0.2, 0.25) is 0 Å². The summed E-state index contributed by atoms with van der Waals surface area (Å²) in [6.45, 7) is 2.91. The lowest BCUT2D eigenvalue weighted by Crippen LogP contribution is -2.47. The van der Waals surface area contributed by atoms with Crippen LogP contribution in [0.25, 0.3) is 5.65 Å². The van der Waals surface area contributed by atoms with Gasteiger partial charge in [-0.1, -0.05) is 30.3 Å². The van der Waals surface area contributed by atoms with Crippen LogP contribution < -0.4 is 4.90 Å². The summed E-state index contributed by atoms with van der Waals surface area (Å²) in [5, 5.41) is 16.0. The van der Waals surface area contributed by atoms with Crippen molar-refractivity contribution in [1.29, 1.82) is 0 Å². The molecule has 1 aliphatic heterocycles. The van der Waals surface area contributed by atoms with Crippen molar-refractivity contribution < 1.29 is 0 Å². The fourth-order valence-corrected chi connectivity index (χ4v) is 2.95. The summed E-state index contributed by atoms with van der Waals surface area (Å²) in [6, 6.07) is 14.7. The Hall–Kier alpha value is -2.54. The van der Waals surface area contributed by atoms with Crippen molar-refractivity contribution in [1.82, 2.24) is 30.2 Å². The third-order valence-electron chi connectivity index (χ3n) is 4.12. The van der Waals surface area contributed by atoms with Crippen LogP contribution >= 0.6 is 0 Å². The fraction of sp³-hybridized carbons (Fsp3) is 0.333. The van der Waals surface area contributed by atoms with Crippen molar-refractivity contribution >= 4 is 11.5 Å². The minimum atomic E-state index is 0.279. The van der Waals surface area contributed by atoms with E-state index in [1.807, 2.05) is 18.2 Å². The first kappa shape index (κ1) is 13.1. The molecule has 1 atom stereocenters. The number of rotatable bonds is 2. The van der Waals surface area contributed by atoms with E-state index in [-0.39, 0.29) is 6.04 Å². The fourth-order valence-electron chi connectivity index (χ4n) is 2.95. The number of piperazine rings is 1. The van der Waals surface area contributed by atoms with E-state index in [1.165, 1.54) is 10.2 Å². The summed E-state index contributed by atoms with van der Waals surface area (Å²) in [5.74, 6) is 0.904. The zero-order valence-corrected chi connectivity index (χ0v) is 12.4. The number of aromatic nitrogens is 5. The zero-order chi connectivity index (χ0) is 14.9. The van der Waals surface area contributed by atoms with Crippen LogP contribution in [0, 0.1) is 0 Å². The summed E-state index contributed by atoms with van der Waals surface area (Å²) >= 11 is 0. The van der Waals surface area contributed by atoms with Gasteiger partial charge >= 0.3 is 0 Å². The molecule has 1 aliphatic rings. The van der Waals surface area contributed by atoms with Crippen LogP contribution in [-0.2, 0) is 0 Å². The van der Waals surface area contributed by atoms with E-state index in [1.54, 1.807) is 0 Å². The largest absolute Gasteiger partial charge is 0.346 e. The number of likely N-dealkylation sites (N-methyl/N-ethyl adjacent to an activating group) is 1.